The standard InChI is InChI=1S/C21H25ClN2O3S/c1-15-6-7-16(2)20(12-15)23-21(25)18-8-10-24(11-9-18)28(26,27)14-17-4-3-5-19(22)13-17/h3-7,12-13,18H,8-11,14H2,1-2H3,(H,23,25). The normalized spacial score (nSPS) is 16.1. The number of nitrogens with one attached hydrogen (secondary N) is 1. The Morgan fingerprint density at radius 3 is 2.54 bits per heavy atom. The lowest BCUT2D eigenvalue weighted by Gasteiger charge is -2.30. The van der Waals surface area contributed by atoms with Crippen molar-refractivity contribution < 1.29 is 13.2 Å². The highest BCUT2D eigenvalue weighted by molar-refractivity contribution is 7.88. The summed E-state index contributed by atoms with van der Waals surface area (Å²) in [6, 6.07) is 12.8. The van der Waals surface area contributed by atoms with Crippen molar-refractivity contribution in [3.63, 3.8) is 0 Å². The highest BCUT2D eigenvalue weighted by atomic mass is 35.5. The van der Waals surface area contributed by atoms with Gasteiger partial charge in [0.1, 0.15) is 0 Å². The molecule has 2 aromatic carbocycles. The molecule has 1 heterocycles. The van der Waals surface area contributed by atoms with Gasteiger partial charge < -0.3 is 5.32 Å². The molecule has 0 aliphatic carbocycles. The van der Waals surface area contributed by atoms with Crippen molar-refractivity contribution in [2.24, 2.45) is 5.92 Å². The maximum atomic E-state index is 12.7. The summed E-state index contributed by atoms with van der Waals surface area (Å²) in [7, 11) is -3.43. The van der Waals surface area contributed by atoms with E-state index in [0.717, 1.165) is 16.8 Å². The zero-order chi connectivity index (χ0) is 20.3. The molecule has 150 valence electrons. The smallest absolute Gasteiger partial charge is 0.227 e. The number of rotatable bonds is 5. The van der Waals surface area contributed by atoms with Crippen LogP contribution in [0.1, 0.15) is 29.5 Å². The summed E-state index contributed by atoms with van der Waals surface area (Å²) in [6.45, 7) is 4.65. The van der Waals surface area contributed by atoms with Crippen LogP contribution in [0.2, 0.25) is 5.02 Å². The number of aryl methyl sites for hydroxylation is 2. The van der Waals surface area contributed by atoms with Gasteiger partial charge in [-0.05, 0) is 61.6 Å². The second-order valence-corrected chi connectivity index (χ2v) is 9.77. The van der Waals surface area contributed by atoms with Gasteiger partial charge in [-0.3, -0.25) is 4.79 Å². The zero-order valence-electron chi connectivity index (χ0n) is 16.1. The van der Waals surface area contributed by atoms with E-state index in [-0.39, 0.29) is 17.6 Å². The minimum absolute atomic E-state index is 0.0411. The number of benzene rings is 2. The molecule has 1 N–H and O–H groups in total. The molecule has 2 aromatic rings. The van der Waals surface area contributed by atoms with E-state index in [4.69, 9.17) is 11.6 Å². The van der Waals surface area contributed by atoms with E-state index < -0.39 is 10.0 Å². The summed E-state index contributed by atoms with van der Waals surface area (Å²) in [5, 5.41) is 3.52. The number of hydrogen-bond acceptors (Lipinski definition) is 3. The first-order chi connectivity index (χ1) is 13.2. The molecule has 0 saturated carbocycles. The fourth-order valence-corrected chi connectivity index (χ4v) is 5.19. The van der Waals surface area contributed by atoms with Gasteiger partial charge in [-0.2, -0.15) is 0 Å². The van der Waals surface area contributed by atoms with E-state index in [1.54, 1.807) is 24.3 Å². The van der Waals surface area contributed by atoms with Gasteiger partial charge in [0.25, 0.3) is 0 Å². The predicted molar refractivity (Wildman–Crippen MR) is 113 cm³/mol. The van der Waals surface area contributed by atoms with Crippen molar-refractivity contribution in [1.29, 1.82) is 0 Å². The van der Waals surface area contributed by atoms with Gasteiger partial charge in [-0.25, -0.2) is 12.7 Å². The summed E-state index contributed by atoms with van der Waals surface area (Å²) >= 11 is 5.95. The molecule has 0 unspecified atom stereocenters. The number of carbonyl (C=O) groups is 1. The molecule has 28 heavy (non-hydrogen) atoms. The molecule has 7 heteroatoms. The van der Waals surface area contributed by atoms with Crippen LogP contribution in [-0.2, 0) is 20.6 Å². The third-order valence-corrected chi connectivity index (χ3v) is 7.19. The third-order valence-electron chi connectivity index (χ3n) is 5.11. The van der Waals surface area contributed by atoms with E-state index in [1.165, 1.54) is 4.31 Å². The van der Waals surface area contributed by atoms with Crippen molar-refractivity contribution in [2.45, 2.75) is 32.4 Å². The Labute approximate surface area is 171 Å². The predicted octanol–water partition coefficient (Wildman–Crippen LogP) is 4.14. The summed E-state index contributed by atoms with van der Waals surface area (Å²) in [5.41, 5.74) is 3.59. The summed E-state index contributed by atoms with van der Waals surface area (Å²) in [4.78, 5) is 12.6. The molecule has 0 spiro atoms. The van der Waals surface area contributed by atoms with Crippen LogP contribution in [0.4, 0.5) is 5.69 Å². The molecule has 5 nitrogen and oxygen atoms in total. The van der Waals surface area contributed by atoms with Gasteiger partial charge in [0.05, 0.1) is 5.75 Å². The lowest BCUT2D eigenvalue weighted by molar-refractivity contribution is -0.120. The molecule has 0 atom stereocenters. The highest BCUT2D eigenvalue weighted by Gasteiger charge is 2.31. The number of hydrogen-bond donors (Lipinski definition) is 1. The number of sulfonamides is 1. The zero-order valence-corrected chi connectivity index (χ0v) is 17.7. The molecule has 1 fully saturated rings. The maximum Gasteiger partial charge on any atom is 0.227 e. The van der Waals surface area contributed by atoms with E-state index >= 15 is 0 Å². The molecule has 3 rings (SSSR count). The number of anilines is 1. The fourth-order valence-electron chi connectivity index (χ4n) is 3.43. The highest BCUT2D eigenvalue weighted by Crippen LogP contribution is 2.25. The Kier molecular flexibility index (Phi) is 6.43. The lowest BCUT2D eigenvalue weighted by atomic mass is 9.97. The average molecular weight is 421 g/mol. The van der Waals surface area contributed by atoms with Gasteiger partial charge >= 0.3 is 0 Å². The Balaban J connectivity index is 1.59. The Bertz CT molecular complexity index is 967. The third kappa shape index (κ3) is 5.13. The summed E-state index contributed by atoms with van der Waals surface area (Å²) in [5.74, 6) is -0.300. The van der Waals surface area contributed by atoms with E-state index in [2.05, 4.69) is 5.32 Å². The van der Waals surface area contributed by atoms with Crippen LogP contribution in [0.15, 0.2) is 42.5 Å². The van der Waals surface area contributed by atoms with Crippen molar-refractivity contribution in [3.8, 4) is 0 Å². The monoisotopic (exact) mass is 420 g/mol. The second kappa shape index (κ2) is 8.64. The molecule has 1 saturated heterocycles. The van der Waals surface area contributed by atoms with Crippen molar-refractivity contribution in [1.82, 2.24) is 4.31 Å². The molecule has 0 radical (unpaired) electrons. The molecule has 1 aliphatic rings. The first-order valence-corrected chi connectivity index (χ1v) is 11.3. The average Bonchev–Trinajstić information content (AvgIpc) is 2.64. The largest absolute Gasteiger partial charge is 0.326 e. The van der Waals surface area contributed by atoms with Crippen LogP contribution in [0.3, 0.4) is 0 Å². The number of halogens is 1. The van der Waals surface area contributed by atoms with Crippen LogP contribution in [0, 0.1) is 19.8 Å². The van der Waals surface area contributed by atoms with Crippen molar-refractivity contribution >= 4 is 33.2 Å². The Morgan fingerprint density at radius 1 is 1.14 bits per heavy atom. The molecule has 1 aliphatic heterocycles. The Morgan fingerprint density at radius 2 is 1.86 bits per heavy atom. The van der Waals surface area contributed by atoms with Crippen LogP contribution in [0.5, 0.6) is 0 Å². The van der Waals surface area contributed by atoms with Gasteiger partial charge in [-0.1, -0.05) is 35.9 Å². The number of amides is 1. The summed E-state index contributed by atoms with van der Waals surface area (Å²) < 4.78 is 26.9. The van der Waals surface area contributed by atoms with Crippen LogP contribution in [-0.4, -0.2) is 31.7 Å². The first-order valence-electron chi connectivity index (χ1n) is 9.35. The number of carbonyl (C=O) groups excluding carboxylic acids is 1. The van der Waals surface area contributed by atoms with Gasteiger partial charge in [-0.15, -0.1) is 0 Å². The molecule has 0 bridgehead atoms. The molecular weight excluding hydrogens is 396 g/mol. The van der Waals surface area contributed by atoms with E-state index in [1.807, 2.05) is 32.0 Å². The first kappa shape index (κ1) is 20.8. The maximum absolute atomic E-state index is 12.7. The van der Waals surface area contributed by atoms with Crippen LogP contribution >= 0.6 is 11.6 Å². The topological polar surface area (TPSA) is 66.5 Å². The lowest BCUT2D eigenvalue weighted by Crippen LogP contribution is -2.41. The van der Waals surface area contributed by atoms with Gasteiger partial charge in [0.2, 0.25) is 15.9 Å². The second-order valence-electron chi connectivity index (χ2n) is 7.37. The SMILES string of the molecule is Cc1ccc(C)c(NC(=O)C2CCN(S(=O)(=O)Cc3cccc(Cl)c3)CC2)c1. The molecular formula is C21H25ClN2O3S. The van der Waals surface area contributed by atoms with Gasteiger partial charge in [0, 0.05) is 29.7 Å². The van der Waals surface area contributed by atoms with Crippen molar-refractivity contribution in [3.05, 3.63) is 64.2 Å². The minimum Gasteiger partial charge on any atom is -0.326 e. The van der Waals surface area contributed by atoms with E-state index in [9.17, 15) is 13.2 Å². The molecule has 0 aromatic heterocycles. The minimum atomic E-state index is -3.43. The summed E-state index contributed by atoms with van der Waals surface area (Å²) in [6.07, 6.45) is 1.04. The van der Waals surface area contributed by atoms with Crippen LogP contribution in [0.25, 0.3) is 0 Å². The van der Waals surface area contributed by atoms with Crippen molar-refractivity contribution in [2.75, 3.05) is 18.4 Å². The quantitative estimate of drug-likeness (QED) is 0.790. The number of nitrogens with zero attached hydrogens (tertiary/aromatic N) is 1. The van der Waals surface area contributed by atoms with E-state index in [0.29, 0.717) is 36.5 Å². The van der Waals surface area contributed by atoms with Gasteiger partial charge in [0.15, 0.2) is 0 Å². The fraction of sp³-hybridized carbons (Fsp3) is 0.381. The number of piperidine rings is 1. The Hall–Kier alpha value is -1.89. The molecule has 1 amide bonds. The van der Waals surface area contributed by atoms with Crippen LogP contribution < -0.4 is 5.32 Å².